The molecule has 2 aromatic heterocycles. The first-order valence-corrected chi connectivity index (χ1v) is 9.36. The fourth-order valence-corrected chi connectivity index (χ4v) is 3.18. The third kappa shape index (κ3) is 5.42. The summed E-state index contributed by atoms with van der Waals surface area (Å²) in [6.07, 6.45) is 1.58. The van der Waals surface area contributed by atoms with Crippen LogP contribution >= 0.6 is 11.3 Å². The number of amides is 1. The molecular weight excluding hydrogens is 396 g/mol. The Morgan fingerprint density at radius 3 is 2.83 bits per heavy atom. The van der Waals surface area contributed by atoms with Crippen LogP contribution < -0.4 is 5.32 Å². The molecule has 0 saturated heterocycles. The highest BCUT2D eigenvalue weighted by molar-refractivity contribution is 7.13. The first-order valence-electron chi connectivity index (χ1n) is 8.48. The largest absolute Gasteiger partial charge is 0.455 e. The Morgan fingerprint density at radius 2 is 2.10 bits per heavy atom. The third-order valence-corrected chi connectivity index (χ3v) is 4.75. The summed E-state index contributed by atoms with van der Waals surface area (Å²) in [6, 6.07) is 9.60. The van der Waals surface area contributed by atoms with Crippen molar-refractivity contribution < 1.29 is 19.2 Å². The van der Waals surface area contributed by atoms with E-state index in [9.17, 15) is 19.7 Å². The first kappa shape index (κ1) is 20.1. The number of esters is 1. The van der Waals surface area contributed by atoms with E-state index < -0.39 is 23.4 Å². The van der Waals surface area contributed by atoms with E-state index in [1.165, 1.54) is 29.5 Å². The van der Waals surface area contributed by atoms with Gasteiger partial charge < -0.3 is 10.1 Å². The summed E-state index contributed by atoms with van der Waals surface area (Å²) in [5.41, 5.74) is 2.04. The molecule has 1 N–H and O–H groups in total. The predicted octanol–water partition coefficient (Wildman–Crippen LogP) is 3.15. The molecule has 9 nitrogen and oxygen atoms in total. The summed E-state index contributed by atoms with van der Waals surface area (Å²) in [4.78, 5) is 42.8. The molecular formula is C19H16N4O5S. The van der Waals surface area contributed by atoms with Gasteiger partial charge in [-0.2, -0.15) is 0 Å². The van der Waals surface area contributed by atoms with Gasteiger partial charge in [0, 0.05) is 23.7 Å². The van der Waals surface area contributed by atoms with Gasteiger partial charge in [-0.3, -0.25) is 24.7 Å². The van der Waals surface area contributed by atoms with Crippen molar-refractivity contribution in [2.45, 2.75) is 13.3 Å². The average Bonchev–Trinajstić information content (AvgIpc) is 3.17. The van der Waals surface area contributed by atoms with Gasteiger partial charge >= 0.3 is 5.97 Å². The lowest BCUT2D eigenvalue weighted by Crippen LogP contribution is -2.22. The molecule has 29 heavy (non-hydrogen) atoms. The second kappa shape index (κ2) is 9.02. The zero-order chi connectivity index (χ0) is 20.8. The minimum Gasteiger partial charge on any atom is -0.455 e. The molecule has 0 saturated carbocycles. The van der Waals surface area contributed by atoms with Crippen molar-refractivity contribution in [2.75, 3.05) is 11.9 Å². The van der Waals surface area contributed by atoms with Gasteiger partial charge in [-0.25, -0.2) is 4.98 Å². The third-order valence-electron chi connectivity index (χ3n) is 3.83. The van der Waals surface area contributed by atoms with Gasteiger partial charge in [-0.15, -0.1) is 11.3 Å². The van der Waals surface area contributed by atoms with Gasteiger partial charge in [0.15, 0.2) is 6.61 Å². The van der Waals surface area contributed by atoms with Crippen molar-refractivity contribution in [3.8, 4) is 10.7 Å². The fraction of sp³-hybridized carbons (Fsp3) is 0.158. The molecule has 0 aliphatic heterocycles. The van der Waals surface area contributed by atoms with Crippen molar-refractivity contribution in [1.82, 2.24) is 9.97 Å². The Balaban J connectivity index is 1.52. The number of aryl methyl sites for hydroxylation is 1. The van der Waals surface area contributed by atoms with Crippen LogP contribution in [0.2, 0.25) is 0 Å². The van der Waals surface area contributed by atoms with Crippen molar-refractivity contribution in [1.29, 1.82) is 0 Å². The number of non-ortho nitro benzene ring substituents is 1. The number of thiazole rings is 1. The summed E-state index contributed by atoms with van der Waals surface area (Å²) >= 11 is 1.36. The number of carbonyl (C=O) groups excluding carboxylic acids is 2. The van der Waals surface area contributed by atoms with Crippen LogP contribution in [0.15, 0.2) is 48.0 Å². The minimum absolute atomic E-state index is 0.0769. The molecule has 3 rings (SSSR count). The second-order valence-corrected chi connectivity index (χ2v) is 6.86. The number of nitro groups is 1. The number of nitro benzene ring substituents is 1. The number of carbonyl (C=O) groups is 2. The number of benzene rings is 1. The summed E-state index contributed by atoms with van der Waals surface area (Å²) in [7, 11) is 0. The highest BCUT2D eigenvalue weighted by atomic mass is 32.1. The van der Waals surface area contributed by atoms with Crippen LogP contribution in [0.5, 0.6) is 0 Å². The van der Waals surface area contributed by atoms with Gasteiger partial charge in [0.05, 0.1) is 28.4 Å². The van der Waals surface area contributed by atoms with Crippen LogP contribution in [0.4, 0.5) is 11.4 Å². The number of nitrogens with zero attached hydrogens (tertiary/aromatic N) is 3. The Morgan fingerprint density at radius 1 is 1.28 bits per heavy atom. The maximum Gasteiger partial charge on any atom is 0.312 e. The molecule has 0 bridgehead atoms. The molecule has 0 aliphatic rings. The van der Waals surface area contributed by atoms with Crippen LogP contribution in [0.3, 0.4) is 0 Å². The lowest BCUT2D eigenvalue weighted by atomic mass is 10.2. The normalized spacial score (nSPS) is 10.4. The Hall–Kier alpha value is -3.66. The number of nitrogens with one attached hydrogen (secondary N) is 1. The monoisotopic (exact) mass is 412 g/mol. The van der Waals surface area contributed by atoms with Crippen LogP contribution in [-0.2, 0) is 20.7 Å². The molecule has 0 radical (unpaired) electrons. The maximum atomic E-state index is 12.0. The highest BCUT2D eigenvalue weighted by Crippen LogP contribution is 2.22. The van der Waals surface area contributed by atoms with Crippen LogP contribution in [0.1, 0.15) is 11.3 Å². The predicted molar refractivity (Wildman–Crippen MR) is 106 cm³/mol. The summed E-state index contributed by atoms with van der Waals surface area (Å²) < 4.78 is 4.98. The molecule has 0 aliphatic carbocycles. The minimum atomic E-state index is -0.603. The Kier molecular flexibility index (Phi) is 6.25. The van der Waals surface area contributed by atoms with Gasteiger partial charge in [0.2, 0.25) is 0 Å². The molecule has 1 amide bonds. The molecule has 2 heterocycles. The molecule has 148 valence electrons. The first-order chi connectivity index (χ1) is 13.9. The van der Waals surface area contributed by atoms with Crippen molar-refractivity contribution in [3.05, 3.63) is 69.3 Å². The van der Waals surface area contributed by atoms with Crippen LogP contribution in [0.25, 0.3) is 10.7 Å². The Labute approximate surface area is 169 Å². The maximum absolute atomic E-state index is 12.0. The number of ether oxygens (including phenoxy) is 1. The van der Waals surface area contributed by atoms with Gasteiger partial charge in [-0.05, 0) is 24.6 Å². The number of hydrogen-bond acceptors (Lipinski definition) is 8. The second-order valence-electron chi connectivity index (χ2n) is 6.00. The van der Waals surface area contributed by atoms with Gasteiger partial charge in [0.1, 0.15) is 5.01 Å². The molecule has 0 atom stereocenters. The zero-order valence-corrected chi connectivity index (χ0v) is 16.1. The number of rotatable bonds is 7. The smallest absolute Gasteiger partial charge is 0.312 e. The highest BCUT2D eigenvalue weighted by Gasteiger charge is 2.14. The van der Waals surface area contributed by atoms with E-state index in [1.54, 1.807) is 24.6 Å². The molecule has 0 fully saturated rings. The number of hydrogen-bond donors (Lipinski definition) is 1. The Bertz CT molecular complexity index is 1050. The van der Waals surface area contributed by atoms with E-state index in [0.29, 0.717) is 27.6 Å². The van der Waals surface area contributed by atoms with Gasteiger partial charge in [0.25, 0.3) is 11.6 Å². The van der Waals surface area contributed by atoms with E-state index in [-0.39, 0.29) is 12.1 Å². The van der Waals surface area contributed by atoms with Crippen LogP contribution in [-0.4, -0.2) is 33.4 Å². The molecule has 0 unspecified atom stereocenters. The van der Waals surface area contributed by atoms with E-state index in [4.69, 9.17) is 4.74 Å². The SMILES string of the molecule is Cc1ccc([N+](=O)[O-])cc1NC(=O)COC(=O)Cc1csc(-c2ccccn2)n1. The standard InChI is InChI=1S/C19H16N4O5S/c1-12-5-6-14(23(26)27)9-16(12)22-17(24)10-28-18(25)8-13-11-29-19(21-13)15-4-2-3-7-20-15/h2-7,9,11H,8,10H2,1H3,(H,22,24). The topological polar surface area (TPSA) is 124 Å². The lowest BCUT2D eigenvalue weighted by molar-refractivity contribution is -0.384. The van der Waals surface area contributed by atoms with E-state index in [1.807, 2.05) is 12.1 Å². The van der Waals surface area contributed by atoms with Gasteiger partial charge in [-0.1, -0.05) is 12.1 Å². The van der Waals surface area contributed by atoms with Crippen molar-refractivity contribution in [3.63, 3.8) is 0 Å². The zero-order valence-electron chi connectivity index (χ0n) is 15.3. The summed E-state index contributed by atoms with van der Waals surface area (Å²) in [5.74, 6) is -1.19. The quantitative estimate of drug-likeness (QED) is 0.359. The average molecular weight is 412 g/mol. The van der Waals surface area contributed by atoms with E-state index in [0.717, 1.165) is 0 Å². The number of anilines is 1. The van der Waals surface area contributed by atoms with Crippen molar-refractivity contribution in [2.24, 2.45) is 0 Å². The molecule has 10 heteroatoms. The fourth-order valence-electron chi connectivity index (χ4n) is 2.38. The van der Waals surface area contributed by atoms with Crippen molar-refractivity contribution >= 4 is 34.6 Å². The summed E-state index contributed by atoms with van der Waals surface area (Å²) in [5, 5.41) is 15.8. The van der Waals surface area contributed by atoms with Crippen LogP contribution in [0, 0.1) is 17.0 Å². The summed E-state index contributed by atoms with van der Waals surface area (Å²) in [6.45, 7) is 1.20. The molecule has 0 spiro atoms. The number of aromatic nitrogens is 2. The molecule has 1 aromatic carbocycles. The lowest BCUT2D eigenvalue weighted by Gasteiger charge is -2.08. The molecule has 3 aromatic rings. The number of pyridine rings is 1. The van der Waals surface area contributed by atoms with E-state index >= 15 is 0 Å². The van der Waals surface area contributed by atoms with E-state index in [2.05, 4.69) is 15.3 Å².